The maximum Gasteiger partial charge on any atom is 0.501 e. The van der Waals surface area contributed by atoms with Crippen LogP contribution in [-0.2, 0) is 42.7 Å². The molecule has 2 fully saturated rings. The van der Waals surface area contributed by atoms with Gasteiger partial charge in [-0.25, -0.2) is 25.3 Å². The maximum absolute atomic E-state index is 14.3. The van der Waals surface area contributed by atoms with Crippen molar-refractivity contribution in [2.24, 2.45) is 0 Å². The fraction of sp³-hybridized carbons (Fsp3) is 0.370. The van der Waals surface area contributed by atoms with E-state index in [1.165, 1.54) is 30.2 Å². The van der Waals surface area contributed by atoms with Gasteiger partial charge in [0.2, 0.25) is 0 Å². The van der Waals surface area contributed by atoms with Crippen LogP contribution in [0, 0.1) is 0 Å². The molecular weight excluding hydrogens is 1070 g/mol. The van der Waals surface area contributed by atoms with Crippen LogP contribution in [0.25, 0.3) is 22.4 Å². The number of halogens is 4. The van der Waals surface area contributed by atoms with Crippen molar-refractivity contribution in [2.75, 3.05) is 77.7 Å². The molecule has 6 aromatic rings. The third kappa shape index (κ3) is 13.1. The SMILES string of the molecule is CCCc1c(S(C)(=O)=O)c(-c2cccc(N3CCN(c4ccc(NS(=O)(=O)c5ccc(N[C@H](CCN6CCC(O)CC6)CSc6ccccc6)c(S(=O)(=O)C(F)(F)F)c5)cc4)CC3)c2)c(-c2ccc(Cl)cc2)n1CC. The van der Waals surface area contributed by atoms with E-state index in [4.69, 9.17) is 11.6 Å². The first kappa shape index (κ1) is 56.0. The zero-order valence-electron chi connectivity index (χ0n) is 41.9. The number of aliphatic hydroxyl groups excluding tert-OH is 1. The van der Waals surface area contributed by atoms with E-state index in [1.54, 1.807) is 24.3 Å². The Balaban J connectivity index is 0.979. The second-order valence-corrected chi connectivity index (χ2v) is 26.0. The number of benzene rings is 5. The van der Waals surface area contributed by atoms with Crippen LogP contribution >= 0.6 is 23.4 Å². The van der Waals surface area contributed by atoms with Crippen molar-refractivity contribution in [1.82, 2.24) is 9.47 Å². The Morgan fingerprint density at radius 3 is 2.03 bits per heavy atom. The van der Waals surface area contributed by atoms with E-state index < -0.39 is 57.1 Å². The number of rotatable bonds is 20. The van der Waals surface area contributed by atoms with Gasteiger partial charge in [-0.3, -0.25) is 4.72 Å². The summed E-state index contributed by atoms with van der Waals surface area (Å²) in [5, 5.41) is 13.6. The van der Waals surface area contributed by atoms with Crippen LogP contribution in [-0.4, -0.2) is 115 Å². The Bertz CT molecular complexity index is 3280. The summed E-state index contributed by atoms with van der Waals surface area (Å²) in [5.74, 6) is 0.366. The number of thioether (sulfide) groups is 1. The van der Waals surface area contributed by atoms with Crippen molar-refractivity contribution in [3.63, 3.8) is 0 Å². The number of sulfonamides is 1. The average Bonchev–Trinajstić information content (AvgIpc) is 3.73. The normalized spacial score (nSPS) is 15.8. The first-order valence-corrected chi connectivity index (χ1v) is 31.1. The third-order valence-corrected chi connectivity index (χ3v) is 19.2. The monoisotopic (exact) mass is 1130 g/mol. The minimum Gasteiger partial charge on any atom is -0.393 e. The van der Waals surface area contributed by atoms with E-state index in [0.717, 1.165) is 57.3 Å². The standard InChI is InChI=1S/C54H62ClF3N6O7S4/c1-4-10-49-53(73(3,66)67)51(52(64(49)5-2)38-15-17-40(55)18-16-38)39-11-9-12-44(35-39)63-33-31-62(32-34-63)43-21-19-41(20-22-43)60-75(70,71)47-23-24-48(50(36-47)74(68,69)54(56,57)58)59-42(37-72-46-13-7-6-8-14-46)25-28-61-29-26-45(65)27-30-61/h6-9,11-24,35-36,42,45,59-60,65H,4-5,10,25-34,37H2,1-3H3/t42-/m1/s1. The number of hydrogen-bond donors (Lipinski definition) is 3. The number of likely N-dealkylation sites (tertiary alicyclic amines) is 1. The summed E-state index contributed by atoms with van der Waals surface area (Å²) in [7, 11) is -14.3. The summed E-state index contributed by atoms with van der Waals surface area (Å²) in [6.07, 6.45) is 3.84. The van der Waals surface area contributed by atoms with Crippen LogP contribution < -0.4 is 19.8 Å². The van der Waals surface area contributed by atoms with Crippen LogP contribution in [0.2, 0.25) is 5.02 Å². The molecule has 2 aliphatic heterocycles. The van der Waals surface area contributed by atoms with Crippen molar-refractivity contribution in [1.29, 1.82) is 0 Å². The van der Waals surface area contributed by atoms with Crippen LogP contribution in [0.5, 0.6) is 0 Å². The number of alkyl halides is 3. The van der Waals surface area contributed by atoms with Crippen LogP contribution in [0.1, 0.15) is 45.2 Å². The molecule has 0 aliphatic carbocycles. The highest BCUT2D eigenvalue weighted by Gasteiger charge is 2.48. The number of anilines is 4. The number of nitrogens with one attached hydrogen (secondary N) is 2. The lowest BCUT2D eigenvalue weighted by atomic mass is 10.00. The van der Waals surface area contributed by atoms with Gasteiger partial charge in [0.25, 0.3) is 19.9 Å². The second-order valence-electron chi connectivity index (χ2n) is 18.9. The van der Waals surface area contributed by atoms with Crippen molar-refractivity contribution < 1.29 is 43.5 Å². The minimum atomic E-state index is -6.03. The third-order valence-electron chi connectivity index (χ3n) is 13.6. The zero-order valence-corrected chi connectivity index (χ0v) is 46.0. The fourth-order valence-corrected chi connectivity index (χ4v) is 14.3. The molecule has 5 aromatic carbocycles. The summed E-state index contributed by atoms with van der Waals surface area (Å²) < 4.78 is 129. The van der Waals surface area contributed by atoms with Gasteiger partial charge < -0.3 is 29.7 Å². The Morgan fingerprint density at radius 2 is 1.41 bits per heavy atom. The molecule has 3 N–H and O–H groups in total. The quantitative estimate of drug-likeness (QED) is 0.0622. The highest BCUT2D eigenvalue weighted by molar-refractivity contribution is 7.99. The van der Waals surface area contributed by atoms with Gasteiger partial charge in [0.15, 0.2) is 9.84 Å². The van der Waals surface area contributed by atoms with E-state index in [2.05, 4.69) is 29.3 Å². The van der Waals surface area contributed by atoms with E-state index >= 15 is 0 Å². The molecule has 21 heteroatoms. The predicted octanol–water partition coefficient (Wildman–Crippen LogP) is 10.7. The maximum atomic E-state index is 14.3. The van der Waals surface area contributed by atoms with Gasteiger partial charge in [-0.1, -0.05) is 67.4 Å². The highest BCUT2D eigenvalue weighted by Crippen LogP contribution is 2.44. The molecule has 0 bridgehead atoms. The molecule has 13 nitrogen and oxygen atoms in total. The Labute approximate surface area is 448 Å². The molecule has 2 saturated heterocycles. The molecule has 0 amide bonds. The van der Waals surface area contributed by atoms with Gasteiger partial charge >= 0.3 is 5.51 Å². The van der Waals surface area contributed by atoms with E-state index in [0.29, 0.717) is 105 Å². The Hall–Kier alpha value is -5.22. The number of nitrogens with zero attached hydrogens (tertiary/aromatic N) is 4. The largest absolute Gasteiger partial charge is 0.501 e. The number of aromatic nitrogens is 1. The van der Waals surface area contributed by atoms with E-state index in [9.17, 15) is 43.5 Å². The smallest absolute Gasteiger partial charge is 0.393 e. The summed E-state index contributed by atoms with van der Waals surface area (Å²) in [6, 6.07) is 33.5. The second kappa shape index (κ2) is 23.6. The van der Waals surface area contributed by atoms with Gasteiger partial charge in [-0.05, 0) is 123 Å². The summed E-state index contributed by atoms with van der Waals surface area (Å²) >= 11 is 7.74. The number of piperidine rings is 1. The van der Waals surface area contributed by atoms with E-state index in [1.807, 2.05) is 80.6 Å². The van der Waals surface area contributed by atoms with Gasteiger partial charge in [-0.2, -0.15) is 13.2 Å². The molecule has 0 unspecified atom stereocenters. The van der Waals surface area contributed by atoms with Crippen molar-refractivity contribution in [3.8, 4) is 22.4 Å². The van der Waals surface area contributed by atoms with Crippen molar-refractivity contribution in [2.45, 2.75) is 89.7 Å². The Kier molecular flexibility index (Phi) is 17.6. The average molecular weight is 1130 g/mol. The molecular formula is C54H62ClF3N6O7S4. The first-order chi connectivity index (χ1) is 35.7. The zero-order chi connectivity index (χ0) is 53.7. The molecule has 2 aliphatic rings. The molecule has 0 spiro atoms. The van der Waals surface area contributed by atoms with Gasteiger partial charge in [0, 0.05) is 109 Å². The van der Waals surface area contributed by atoms with Crippen LogP contribution in [0.3, 0.4) is 0 Å². The lowest BCUT2D eigenvalue weighted by molar-refractivity contribution is -0.0435. The topological polar surface area (TPSA) is 161 Å². The number of sulfone groups is 2. The number of piperazine rings is 1. The van der Waals surface area contributed by atoms with E-state index in [-0.39, 0.29) is 11.4 Å². The van der Waals surface area contributed by atoms with Crippen molar-refractivity contribution >= 4 is 75.8 Å². The summed E-state index contributed by atoms with van der Waals surface area (Å²) in [4.78, 5) is 5.89. The highest BCUT2D eigenvalue weighted by atomic mass is 35.5. The predicted molar refractivity (Wildman–Crippen MR) is 295 cm³/mol. The molecule has 402 valence electrons. The molecule has 0 saturated carbocycles. The van der Waals surface area contributed by atoms with Crippen LogP contribution in [0.4, 0.5) is 35.9 Å². The molecule has 1 atom stereocenters. The summed E-state index contributed by atoms with van der Waals surface area (Å²) in [6.45, 7) is 8.86. The minimum absolute atomic E-state index is 0.116. The molecule has 0 radical (unpaired) electrons. The molecule has 3 heterocycles. The number of hydrogen-bond acceptors (Lipinski definition) is 12. The lowest BCUT2D eigenvalue weighted by Gasteiger charge is -2.37. The van der Waals surface area contributed by atoms with Crippen LogP contribution in [0.15, 0.2) is 141 Å². The number of aliphatic hydroxyl groups is 1. The van der Waals surface area contributed by atoms with Gasteiger partial charge in [0.1, 0.15) is 4.90 Å². The van der Waals surface area contributed by atoms with Crippen molar-refractivity contribution in [3.05, 3.63) is 132 Å². The Morgan fingerprint density at radius 1 is 0.760 bits per heavy atom. The first-order valence-electron chi connectivity index (χ1n) is 24.9. The molecule has 75 heavy (non-hydrogen) atoms. The molecule has 8 rings (SSSR count). The summed E-state index contributed by atoms with van der Waals surface area (Å²) in [5.41, 5.74) is -0.376. The van der Waals surface area contributed by atoms with Gasteiger partial charge in [-0.15, -0.1) is 11.8 Å². The fourth-order valence-electron chi connectivity index (χ4n) is 9.84. The molecule has 1 aromatic heterocycles. The van der Waals surface area contributed by atoms with Gasteiger partial charge in [0.05, 0.1) is 27.3 Å². The lowest BCUT2D eigenvalue weighted by Crippen LogP contribution is -2.46.